The number of nitrogens with zero attached hydrogens (tertiary/aromatic N) is 2. The van der Waals surface area contributed by atoms with Gasteiger partial charge in [-0.3, -0.25) is 4.57 Å². The number of ether oxygens (including phenoxy) is 1. The van der Waals surface area contributed by atoms with Crippen molar-refractivity contribution in [2.75, 3.05) is 20.2 Å². The van der Waals surface area contributed by atoms with E-state index in [1.54, 1.807) is 0 Å². The maximum absolute atomic E-state index is 12.5. The fourth-order valence-electron chi connectivity index (χ4n) is 4.77. The highest BCUT2D eigenvalue weighted by Crippen LogP contribution is 2.31. The zero-order valence-corrected chi connectivity index (χ0v) is 16.6. The average Bonchev–Trinajstić information content (AvgIpc) is 2.97. The second-order valence-corrected chi connectivity index (χ2v) is 7.77. The number of hydrogen-bond donors (Lipinski definition) is 1. The molecule has 2 heterocycles. The number of nitrogens with one attached hydrogen (secondary N) is 1. The number of rotatable bonds is 3. The number of halogens is 1. The number of fused-ring (bicyclic) bond motifs is 1. The number of piperidine rings is 1. The lowest BCUT2D eigenvalue weighted by molar-refractivity contribution is 0.0184. The minimum absolute atomic E-state index is 0. The molecule has 0 unspecified atom stereocenters. The number of aryl methyl sites for hydroxylation is 1. The first kappa shape index (κ1) is 19.5. The second-order valence-electron chi connectivity index (χ2n) is 7.77. The van der Waals surface area contributed by atoms with E-state index in [0.717, 1.165) is 43.4 Å². The monoisotopic (exact) mass is 379 g/mol. The summed E-state index contributed by atoms with van der Waals surface area (Å²) < 4.78 is 7.59. The molecule has 0 radical (unpaired) electrons. The molecule has 6 heteroatoms. The first-order valence-electron chi connectivity index (χ1n) is 9.63. The van der Waals surface area contributed by atoms with Gasteiger partial charge in [0.1, 0.15) is 0 Å². The smallest absolute Gasteiger partial charge is 0.326 e. The topological polar surface area (TPSA) is 50.3 Å². The minimum Gasteiger partial charge on any atom is -0.381 e. The van der Waals surface area contributed by atoms with Crippen LogP contribution in [0.25, 0.3) is 11.0 Å². The molecule has 4 rings (SSSR count). The van der Waals surface area contributed by atoms with E-state index in [1.807, 2.05) is 17.7 Å². The highest BCUT2D eigenvalue weighted by molar-refractivity contribution is 5.85. The summed E-state index contributed by atoms with van der Waals surface area (Å²) in [7, 11) is 1.84. The number of benzene rings is 1. The van der Waals surface area contributed by atoms with E-state index in [0.29, 0.717) is 18.2 Å². The van der Waals surface area contributed by atoms with Crippen LogP contribution in [0.4, 0.5) is 0 Å². The van der Waals surface area contributed by atoms with Gasteiger partial charge < -0.3 is 14.6 Å². The quantitative estimate of drug-likeness (QED) is 0.885. The summed E-state index contributed by atoms with van der Waals surface area (Å²) in [6, 6.07) is 7.16. The van der Waals surface area contributed by atoms with Gasteiger partial charge in [0.15, 0.2) is 0 Å². The van der Waals surface area contributed by atoms with Gasteiger partial charge in [-0.1, -0.05) is 6.07 Å². The van der Waals surface area contributed by atoms with Crippen LogP contribution in [0.3, 0.4) is 0 Å². The lowest BCUT2D eigenvalue weighted by atomic mass is 9.90. The van der Waals surface area contributed by atoms with Crippen LogP contribution in [0.15, 0.2) is 23.0 Å². The van der Waals surface area contributed by atoms with Crippen molar-refractivity contribution in [1.82, 2.24) is 14.5 Å². The summed E-state index contributed by atoms with van der Waals surface area (Å²) >= 11 is 0. The van der Waals surface area contributed by atoms with E-state index >= 15 is 0 Å². The van der Waals surface area contributed by atoms with Crippen molar-refractivity contribution >= 4 is 23.4 Å². The van der Waals surface area contributed by atoms with E-state index < -0.39 is 0 Å². The van der Waals surface area contributed by atoms with E-state index in [2.05, 4.69) is 28.9 Å². The third-order valence-corrected chi connectivity index (χ3v) is 6.19. The standard InChI is InChI=1S/C20H29N3O2.ClH/c1-14-6-7-18-19(12-14)23(20(24)21-18)15-8-10-22(11-9-15)16-4-3-5-17(13-16)25-2;/h6-7,12,15-17H,3-5,8-11,13H2,1-2H3,(H,21,24);1H/t16-,17-;/m1./s1. The lowest BCUT2D eigenvalue weighted by Gasteiger charge is -2.41. The van der Waals surface area contributed by atoms with E-state index in [9.17, 15) is 4.79 Å². The van der Waals surface area contributed by atoms with Crippen molar-refractivity contribution in [1.29, 1.82) is 0 Å². The third-order valence-electron chi connectivity index (χ3n) is 6.19. The van der Waals surface area contributed by atoms with Crippen LogP contribution in [0.5, 0.6) is 0 Å². The van der Waals surface area contributed by atoms with Gasteiger partial charge in [-0.05, 0) is 63.1 Å². The zero-order chi connectivity index (χ0) is 17.4. The Kier molecular flexibility index (Phi) is 6.10. The van der Waals surface area contributed by atoms with Crippen LogP contribution in [0.2, 0.25) is 0 Å². The van der Waals surface area contributed by atoms with Gasteiger partial charge in [0.25, 0.3) is 0 Å². The Morgan fingerprint density at radius 1 is 1.12 bits per heavy atom. The molecule has 0 spiro atoms. The largest absolute Gasteiger partial charge is 0.381 e. The normalized spacial score (nSPS) is 25.3. The molecular formula is C20H30ClN3O2. The molecule has 2 fully saturated rings. The molecule has 0 amide bonds. The van der Waals surface area contributed by atoms with Crippen LogP contribution >= 0.6 is 12.4 Å². The first-order chi connectivity index (χ1) is 12.2. The van der Waals surface area contributed by atoms with Gasteiger partial charge in [-0.25, -0.2) is 4.79 Å². The van der Waals surface area contributed by atoms with Gasteiger partial charge in [-0.15, -0.1) is 12.4 Å². The SMILES string of the molecule is CO[C@@H]1CCC[C@@H](N2CCC(n3c(=O)[nH]c4ccc(C)cc43)CC2)C1.Cl. The summed E-state index contributed by atoms with van der Waals surface area (Å²) in [5.74, 6) is 0. The second kappa shape index (κ2) is 8.15. The van der Waals surface area contributed by atoms with Crippen LogP contribution in [-0.2, 0) is 4.74 Å². The molecule has 26 heavy (non-hydrogen) atoms. The van der Waals surface area contributed by atoms with E-state index in [1.165, 1.54) is 24.8 Å². The van der Waals surface area contributed by atoms with Gasteiger partial charge in [0.2, 0.25) is 0 Å². The van der Waals surface area contributed by atoms with Crippen molar-refractivity contribution in [2.45, 2.75) is 63.6 Å². The molecule has 1 saturated heterocycles. The van der Waals surface area contributed by atoms with Crippen molar-refractivity contribution in [3.8, 4) is 0 Å². The molecule has 2 aromatic rings. The average molecular weight is 380 g/mol. The summed E-state index contributed by atoms with van der Waals surface area (Å²) in [4.78, 5) is 18.1. The number of H-pyrrole nitrogens is 1. The Balaban J connectivity index is 0.00000196. The maximum atomic E-state index is 12.5. The molecule has 2 atom stereocenters. The van der Waals surface area contributed by atoms with Gasteiger partial charge >= 0.3 is 5.69 Å². The first-order valence-corrected chi connectivity index (χ1v) is 9.63. The number of aromatic amines is 1. The van der Waals surface area contributed by atoms with Gasteiger partial charge in [0.05, 0.1) is 17.1 Å². The highest BCUT2D eigenvalue weighted by atomic mass is 35.5. The third kappa shape index (κ3) is 3.71. The predicted molar refractivity (Wildman–Crippen MR) is 107 cm³/mol. The van der Waals surface area contributed by atoms with E-state index in [-0.39, 0.29) is 18.1 Å². The molecule has 1 aromatic carbocycles. The fraction of sp³-hybridized carbons (Fsp3) is 0.650. The van der Waals surface area contributed by atoms with Crippen LogP contribution in [0, 0.1) is 6.92 Å². The Hall–Kier alpha value is -1.30. The number of imidazole rings is 1. The molecule has 1 aliphatic heterocycles. The van der Waals surface area contributed by atoms with Crippen molar-refractivity contribution in [2.24, 2.45) is 0 Å². The molecule has 1 saturated carbocycles. The van der Waals surface area contributed by atoms with Gasteiger partial charge in [0, 0.05) is 32.3 Å². The summed E-state index contributed by atoms with van der Waals surface area (Å²) in [5, 5.41) is 0. The van der Waals surface area contributed by atoms with Crippen molar-refractivity contribution < 1.29 is 4.74 Å². The van der Waals surface area contributed by atoms with Crippen molar-refractivity contribution in [3.63, 3.8) is 0 Å². The summed E-state index contributed by atoms with van der Waals surface area (Å²) in [6.45, 7) is 4.24. The molecule has 1 N–H and O–H groups in total. The van der Waals surface area contributed by atoms with Crippen molar-refractivity contribution in [3.05, 3.63) is 34.2 Å². The summed E-state index contributed by atoms with van der Waals surface area (Å²) in [5.41, 5.74) is 3.25. The maximum Gasteiger partial charge on any atom is 0.326 e. The number of likely N-dealkylation sites (tertiary alicyclic amines) is 1. The number of aromatic nitrogens is 2. The van der Waals surface area contributed by atoms with E-state index in [4.69, 9.17) is 4.74 Å². The highest BCUT2D eigenvalue weighted by Gasteiger charge is 2.31. The van der Waals surface area contributed by atoms with Gasteiger partial charge in [-0.2, -0.15) is 0 Å². The Morgan fingerprint density at radius 3 is 2.62 bits per heavy atom. The Morgan fingerprint density at radius 2 is 1.88 bits per heavy atom. The summed E-state index contributed by atoms with van der Waals surface area (Å²) in [6.07, 6.45) is 7.45. The Bertz CT molecular complexity index is 792. The van der Waals surface area contributed by atoms with Crippen LogP contribution in [-0.4, -0.2) is 46.8 Å². The Labute approximate surface area is 161 Å². The minimum atomic E-state index is 0. The number of methoxy groups -OCH3 is 1. The molecule has 144 valence electrons. The molecule has 2 aliphatic rings. The lowest BCUT2D eigenvalue weighted by Crippen LogP contribution is -2.45. The fourth-order valence-corrected chi connectivity index (χ4v) is 4.77. The van der Waals surface area contributed by atoms with Crippen LogP contribution in [0.1, 0.15) is 50.1 Å². The number of hydrogen-bond acceptors (Lipinski definition) is 3. The molecule has 0 bridgehead atoms. The zero-order valence-electron chi connectivity index (χ0n) is 15.7. The molecular weight excluding hydrogens is 350 g/mol. The predicted octanol–water partition coefficient (Wildman–Crippen LogP) is 3.65. The van der Waals surface area contributed by atoms with Crippen LogP contribution < -0.4 is 5.69 Å². The molecule has 5 nitrogen and oxygen atoms in total. The molecule has 1 aromatic heterocycles. The molecule has 1 aliphatic carbocycles.